The van der Waals surface area contributed by atoms with Gasteiger partial charge in [-0.3, -0.25) is 9.59 Å². The summed E-state index contributed by atoms with van der Waals surface area (Å²) in [5, 5.41) is 16.7. The number of hydrogen-bond acceptors (Lipinski definition) is 3. The summed E-state index contributed by atoms with van der Waals surface area (Å²) in [7, 11) is 0. The Hall–Kier alpha value is -3.74. The molecule has 0 spiro atoms. The molecule has 3 rings (SSSR count). The van der Waals surface area contributed by atoms with E-state index < -0.39 is 35.7 Å². The molecule has 0 aliphatic rings. The van der Waals surface area contributed by atoms with E-state index in [0.717, 1.165) is 16.3 Å². The van der Waals surface area contributed by atoms with Crippen molar-refractivity contribution in [3.05, 3.63) is 83.7 Å². The van der Waals surface area contributed by atoms with E-state index in [1.807, 2.05) is 42.5 Å². The summed E-state index contributed by atoms with van der Waals surface area (Å²) in [5.74, 6) is -2.63. The molecule has 0 aliphatic heterocycles. The highest BCUT2D eigenvalue weighted by Crippen LogP contribution is 2.20. The maximum absolute atomic E-state index is 13.2. The number of halogens is 1. The van der Waals surface area contributed by atoms with E-state index in [-0.39, 0.29) is 12.8 Å². The van der Waals surface area contributed by atoms with Crippen LogP contribution in [0.2, 0.25) is 0 Å². The van der Waals surface area contributed by atoms with Crippen molar-refractivity contribution in [2.24, 2.45) is 0 Å². The third kappa shape index (κ3) is 5.88. The van der Waals surface area contributed by atoms with Gasteiger partial charge in [0.2, 0.25) is 11.8 Å². The van der Waals surface area contributed by atoms with Gasteiger partial charge in [-0.25, -0.2) is 9.18 Å². The Kier molecular flexibility index (Phi) is 6.97. The van der Waals surface area contributed by atoms with Gasteiger partial charge in [0.1, 0.15) is 17.9 Å². The van der Waals surface area contributed by atoms with Crippen LogP contribution in [0.15, 0.2) is 66.7 Å². The number of amides is 2. The summed E-state index contributed by atoms with van der Waals surface area (Å²) in [6.45, 7) is 1.27. The zero-order valence-electron chi connectivity index (χ0n) is 17.0. The number of carbonyl (C=O) groups is 3. The molecular weight excluding hydrogens is 399 g/mol. The lowest BCUT2D eigenvalue weighted by Crippen LogP contribution is -2.52. The molecule has 160 valence electrons. The molecule has 0 saturated carbocycles. The smallest absolute Gasteiger partial charge is 0.326 e. The van der Waals surface area contributed by atoms with Gasteiger partial charge in [0, 0.05) is 19.8 Å². The van der Waals surface area contributed by atoms with Crippen LogP contribution in [0.25, 0.3) is 10.8 Å². The predicted octanol–water partition coefficient (Wildman–Crippen LogP) is 2.84. The van der Waals surface area contributed by atoms with Crippen LogP contribution < -0.4 is 10.6 Å². The first kappa shape index (κ1) is 22.0. The topological polar surface area (TPSA) is 95.5 Å². The summed E-state index contributed by atoms with van der Waals surface area (Å²) in [4.78, 5) is 36.3. The fourth-order valence-electron chi connectivity index (χ4n) is 3.47. The van der Waals surface area contributed by atoms with E-state index in [1.54, 1.807) is 0 Å². The van der Waals surface area contributed by atoms with E-state index in [0.29, 0.717) is 5.56 Å². The van der Waals surface area contributed by atoms with Gasteiger partial charge in [0.25, 0.3) is 0 Å². The van der Waals surface area contributed by atoms with Crippen LogP contribution in [-0.4, -0.2) is 35.0 Å². The number of rotatable bonds is 8. The van der Waals surface area contributed by atoms with Gasteiger partial charge in [-0.15, -0.1) is 0 Å². The molecule has 3 aromatic carbocycles. The van der Waals surface area contributed by atoms with Crippen molar-refractivity contribution in [3.8, 4) is 0 Å². The second-order valence-corrected chi connectivity index (χ2v) is 7.33. The number of aliphatic carboxylic acids is 1. The first-order valence-corrected chi connectivity index (χ1v) is 9.85. The Morgan fingerprint density at radius 2 is 1.55 bits per heavy atom. The number of carbonyl (C=O) groups excluding carboxylic acids is 2. The molecule has 7 heteroatoms. The maximum Gasteiger partial charge on any atom is 0.326 e. The molecule has 0 aromatic heterocycles. The van der Waals surface area contributed by atoms with Crippen LogP contribution in [0.5, 0.6) is 0 Å². The Balaban J connectivity index is 1.78. The van der Waals surface area contributed by atoms with Gasteiger partial charge < -0.3 is 15.7 Å². The minimum absolute atomic E-state index is 0.0891. The van der Waals surface area contributed by atoms with Gasteiger partial charge in [-0.05, 0) is 34.0 Å². The van der Waals surface area contributed by atoms with Crippen LogP contribution >= 0.6 is 0 Å². The number of fused-ring (bicyclic) bond motifs is 1. The summed E-state index contributed by atoms with van der Waals surface area (Å²) < 4.78 is 13.2. The lowest BCUT2D eigenvalue weighted by molar-refractivity contribution is -0.142. The third-order valence-corrected chi connectivity index (χ3v) is 4.97. The van der Waals surface area contributed by atoms with E-state index in [2.05, 4.69) is 10.6 Å². The van der Waals surface area contributed by atoms with Crippen molar-refractivity contribution >= 4 is 28.6 Å². The lowest BCUT2D eigenvalue weighted by Gasteiger charge is -2.21. The summed E-state index contributed by atoms with van der Waals surface area (Å²) in [5.41, 5.74) is 1.43. The number of hydrogen-bond donors (Lipinski definition) is 3. The van der Waals surface area contributed by atoms with E-state index >= 15 is 0 Å². The highest BCUT2D eigenvalue weighted by Gasteiger charge is 2.27. The van der Waals surface area contributed by atoms with Gasteiger partial charge in [0.05, 0.1) is 0 Å². The van der Waals surface area contributed by atoms with E-state index in [9.17, 15) is 23.9 Å². The molecular formula is C24H23FN2O4. The minimum atomic E-state index is -1.18. The maximum atomic E-state index is 13.2. The Labute approximate surface area is 179 Å². The van der Waals surface area contributed by atoms with Crippen molar-refractivity contribution in [1.82, 2.24) is 10.6 Å². The predicted molar refractivity (Wildman–Crippen MR) is 115 cm³/mol. The second-order valence-electron chi connectivity index (χ2n) is 7.33. The fraction of sp³-hybridized carbons (Fsp3) is 0.208. The first-order valence-electron chi connectivity index (χ1n) is 9.85. The molecule has 0 bridgehead atoms. The van der Waals surface area contributed by atoms with Crippen LogP contribution in [0.1, 0.15) is 18.1 Å². The monoisotopic (exact) mass is 422 g/mol. The molecule has 0 heterocycles. The van der Waals surface area contributed by atoms with Gasteiger partial charge in [0.15, 0.2) is 0 Å². The van der Waals surface area contributed by atoms with Crippen molar-refractivity contribution in [2.75, 3.05) is 0 Å². The summed E-state index contributed by atoms with van der Waals surface area (Å²) >= 11 is 0. The molecule has 6 nitrogen and oxygen atoms in total. The molecule has 0 saturated heterocycles. The van der Waals surface area contributed by atoms with Crippen LogP contribution in [0.4, 0.5) is 4.39 Å². The van der Waals surface area contributed by atoms with E-state index in [1.165, 1.54) is 31.2 Å². The Bertz CT molecular complexity index is 1090. The molecule has 0 radical (unpaired) electrons. The molecule has 0 unspecified atom stereocenters. The molecule has 31 heavy (non-hydrogen) atoms. The highest BCUT2D eigenvalue weighted by molar-refractivity contribution is 5.91. The average molecular weight is 422 g/mol. The van der Waals surface area contributed by atoms with E-state index in [4.69, 9.17) is 0 Å². The Morgan fingerprint density at radius 1 is 0.871 bits per heavy atom. The van der Waals surface area contributed by atoms with Crippen LogP contribution in [0.3, 0.4) is 0 Å². The lowest BCUT2D eigenvalue weighted by atomic mass is 9.98. The standard InChI is InChI=1S/C24H23FN2O4/c1-15(28)26-21(13-16-9-11-19(25)12-10-16)23(29)27-22(24(30)31)14-18-7-4-6-17-5-2-3-8-20(17)18/h2-12,21-22H,13-14H2,1H3,(H,26,28)(H,27,29)(H,30,31)/t21-,22-/m1/s1. The molecule has 0 aliphatic carbocycles. The summed E-state index contributed by atoms with van der Waals surface area (Å²) in [6.07, 6.45) is 0.193. The quantitative estimate of drug-likeness (QED) is 0.520. The largest absolute Gasteiger partial charge is 0.480 e. The minimum Gasteiger partial charge on any atom is -0.480 e. The number of benzene rings is 3. The molecule has 0 fully saturated rings. The summed E-state index contributed by atoms with van der Waals surface area (Å²) in [6, 6.07) is 16.6. The first-order chi connectivity index (χ1) is 14.8. The highest BCUT2D eigenvalue weighted by atomic mass is 19.1. The SMILES string of the molecule is CC(=O)N[C@H](Cc1ccc(F)cc1)C(=O)N[C@H](Cc1cccc2ccccc12)C(=O)O. The molecule has 2 atom stereocenters. The zero-order chi connectivity index (χ0) is 22.4. The van der Waals surface area contributed by atoms with Crippen LogP contribution in [0, 0.1) is 5.82 Å². The second kappa shape index (κ2) is 9.84. The van der Waals surface area contributed by atoms with Crippen LogP contribution in [-0.2, 0) is 27.2 Å². The third-order valence-electron chi connectivity index (χ3n) is 4.97. The normalized spacial score (nSPS) is 12.7. The van der Waals surface area contributed by atoms with Crippen molar-refractivity contribution in [1.29, 1.82) is 0 Å². The molecule has 3 N–H and O–H groups in total. The molecule has 3 aromatic rings. The molecule has 2 amide bonds. The number of nitrogens with one attached hydrogen (secondary N) is 2. The average Bonchev–Trinajstić information content (AvgIpc) is 2.74. The van der Waals surface area contributed by atoms with Crippen molar-refractivity contribution in [2.45, 2.75) is 31.8 Å². The van der Waals surface area contributed by atoms with Gasteiger partial charge in [-0.1, -0.05) is 54.6 Å². The fourth-order valence-corrected chi connectivity index (χ4v) is 3.47. The van der Waals surface area contributed by atoms with Gasteiger partial charge >= 0.3 is 5.97 Å². The number of carboxylic acid groups (broad SMARTS) is 1. The Morgan fingerprint density at radius 3 is 2.23 bits per heavy atom. The van der Waals surface area contributed by atoms with Crippen molar-refractivity contribution < 1.29 is 23.9 Å². The zero-order valence-corrected chi connectivity index (χ0v) is 17.0. The van der Waals surface area contributed by atoms with Gasteiger partial charge in [-0.2, -0.15) is 0 Å². The van der Waals surface area contributed by atoms with Crippen molar-refractivity contribution in [3.63, 3.8) is 0 Å². The number of carboxylic acids is 1.